The molecule has 1 atom stereocenters. The molecule has 0 fully saturated rings. The van der Waals surface area contributed by atoms with Crippen LogP contribution in [-0.2, 0) is 11.2 Å². The van der Waals surface area contributed by atoms with E-state index in [9.17, 15) is 9.59 Å². The number of nitrogens with one attached hydrogen (secondary N) is 1. The second-order valence-electron chi connectivity index (χ2n) is 7.26. The molecule has 2 amide bonds. The zero-order chi connectivity index (χ0) is 20.7. The highest BCUT2D eigenvalue weighted by Gasteiger charge is 2.38. The Morgan fingerprint density at radius 3 is 2.38 bits per heavy atom. The Hall–Kier alpha value is -3.22. The average Bonchev–Trinajstić information content (AvgIpc) is 2.98. The van der Waals surface area contributed by atoms with Gasteiger partial charge in [-0.15, -0.1) is 0 Å². The van der Waals surface area contributed by atoms with Crippen LogP contribution in [0.25, 0.3) is 0 Å². The fourth-order valence-electron chi connectivity index (χ4n) is 4.18. The molecular formula is C22H24N2O5. The molecule has 0 saturated heterocycles. The third kappa shape index (κ3) is 3.06. The minimum absolute atomic E-state index is 0.133. The maximum Gasteiger partial charge on any atom is 0.255 e. The number of aryl methyl sites for hydroxylation is 1. The van der Waals surface area contributed by atoms with Gasteiger partial charge in [-0.25, -0.2) is 0 Å². The fraction of sp³-hybridized carbons (Fsp3) is 0.364. The maximum atomic E-state index is 12.9. The number of ether oxygens (including phenoxy) is 3. The highest BCUT2D eigenvalue weighted by molar-refractivity contribution is 6.08. The molecule has 2 aromatic rings. The van der Waals surface area contributed by atoms with E-state index in [0.29, 0.717) is 28.5 Å². The Labute approximate surface area is 169 Å². The average molecular weight is 396 g/mol. The highest BCUT2D eigenvalue weighted by Crippen LogP contribution is 2.44. The van der Waals surface area contributed by atoms with E-state index >= 15 is 0 Å². The van der Waals surface area contributed by atoms with E-state index in [1.165, 1.54) is 21.3 Å². The van der Waals surface area contributed by atoms with E-state index < -0.39 is 0 Å². The van der Waals surface area contributed by atoms with E-state index in [4.69, 9.17) is 14.2 Å². The minimum Gasteiger partial charge on any atom is -0.493 e. The molecule has 0 aromatic heterocycles. The van der Waals surface area contributed by atoms with Crippen LogP contribution in [-0.4, -0.2) is 39.7 Å². The molecule has 7 nitrogen and oxygen atoms in total. The van der Waals surface area contributed by atoms with Gasteiger partial charge >= 0.3 is 0 Å². The Morgan fingerprint density at radius 2 is 1.76 bits per heavy atom. The first-order valence-corrected chi connectivity index (χ1v) is 9.58. The zero-order valence-corrected chi connectivity index (χ0v) is 17.0. The summed E-state index contributed by atoms with van der Waals surface area (Å²) in [7, 11) is 4.53. The number of carbonyl (C=O) groups is 2. The van der Waals surface area contributed by atoms with Crippen LogP contribution in [0.2, 0.25) is 0 Å². The number of anilines is 2. The van der Waals surface area contributed by atoms with Gasteiger partial charge in [-0.05, 0) is 55.2 Å². The SMILES string of the molecule is COc1cc(C(=O)Nc2cc3c4c(c2)[C@@H](C)C(=O)N4CCC3)cc(OC)c1OC. The maximum absolute atomic E-state index is 12.9. The smallest absolute Gasteiger partial charge is 0.255 e. The van der Waals surface area contributed by atoms with Crippen LogP contribution >= 0.6 is 0 Å². The molecule has 2 heterocycles. The van der Waals surface area contributed by atoms with Crippen molar-refractivity contribution in [3.8, 4) is 17.2 Å². The van der Waals surface area contributed by atoms with E-state index in [1.54, 1.807) is 12.1 Å². The van der Waals surface area contributed by atoms with Crippen molar-refractivity contribution in [2.45, 2.75) is 25.7 Å². The summed E-state index contributed by atoms with van der Waals surface area (Å²) in [5.41, 5.74) is 4.18. The number of hydrogen-bond acceptors (Lipinski definition) is 5. The Balaban J connectivity index is 1.68. The summed E-state index contributed by atoms with van der Waals surface area (Å²) in [5, 5.41) is 2.96. The van der Waals surface area contributed by atoms with Gasteiger partial charge in [-0.1, -0.05) is 0 Å². The van der Waals surface area contributed by atoms with E-state index in [0.717, 1.165) is 36.2 Å². The predicted molar refractivity (Wildman–Crippen MR) is 110 cm³/mol. The summed E-state index contributed by atoms with van der Waals surface area (Å²) < 4.78 is 16.0. The molecule has 7 heteroatoms. The molecule has 0 radical (unpaired) electrons. The van der Waals surface area contributed by atoms with Crippen molar-refractivity contribution in [2.75, 3.05) is 38.1 Å². The van der Waals surface area contributed by atoms with Crippen molar-refractivity contribution in [3.63, 3.8) is 0 Å². The number of benzene rings is 2. The third-order valence-corrected chi connectivity index (χ3v) is 5.60. The molecular weight excluding hydrogens is 372 g/mol. The van der Waals surface area contributed by atoms with Gasteiger partial charge in [0.05, 0.1) is 32.9 Å². The van der Waals surface area contributed by atoms with Crippen molar-refractivity contribution in [2.24, 2.45) is 0 Å². The first kappa shape index (κ1) is 19.1. The van der Waals surface area contributed by atoms with Crippen molar-refractivity contribution < 1.29 is 23.8 Å². The van der Waals surface area contributed by atoms with Crippen LogP contribution in [0.5, 0.6) is 17.2 Å². The van der Waals surface area contributed by atoms with Gasteiger partial charge in [0.25, 0.3) is 5.91 Å². The third-order valence-electron chi connectivity index (χ3n) is 5.60. The number of amides is 2. The zero-order valence-electron chi connectivity index (χ0n) is 17.0. The molecule has 0 saturated carbocycles. The summed E-state index contributed by atoms with van der Waals surface area (Å²) in [5.74, 6) is 0.905. The largest absolute Gasteiger partial charge is 0.493 e. The van der Waals surface area contributed by atoms with E-state index in [-0.39, 0.29) is 17.7 Å². The standard InChI is InChI=1S/C22H24N2O5/c1-12-16-11-15(8-13-6-5-7-24(19(13)16)22(12)26)23-21(25)14-9-17(27-2)20(29-4)18(10-14)28-3/h8-12H,5-7H2,1-4H3,(H,23,25)/t12-/m1/s1. The minimum atomic E-state index is -0.291. The molecule has 1 N–H and O–H groups in total. The summed E-state index contributed by atoms with van der Waals surface area (Å²) in [4.78, 5) is 27.3. The lowest BCUT2D eigenvalue weighted by molar-refractivity contribution is -0.119. The molecule has 2 aliphatic rings. The van der Waals surface area contributed by atoms with Gasteiger partial charge in [0.15, 0.2) is 11.5 Å². The first-order chi connectivity index (χ1) is 14.0. The number of carbonyl (C=O) groups excluding carboxylic acids is 2. The van der Waals surface area contributed by atoms with Gasteiger partial charge in [0, 0.05) is 17.8 Å². The Kier molecular flexibility index (Phi) is 4.82. The molecule has 2 aliphatic heterocycles. The number of hydrogen-bond donors (Lipinski definition) is 1. The molecule has 2 aromatic carbocycles. The van der Waals surface area contributed by atoms with Gasteiger partial charge in [-0.2, -0.15) is 0 Å². The molecule has 0 bridgehead atoms. The number of rotatable bonds is 5. The molecule has 0 spiro atoms. The lowest BCUT2D eigenvalue weighted by Crippen LogP contribution is -2.32. The second kappa shape index (κ2) is 7.31. The van der Waals surface area contributed by atoms with Gasteiger partial charge in [-0.3, -0.25) is 9.59 Å². The van der Waals surface area contributed by atoms with Crippen molar-refractivity contribution in [3.05, 3.63) is 41.0 Å². The van der Waals surface area contributed by atoms with Crippen LogP contribution in [0, 0.1) is 0 Å². The highest BCUT2D eigenvalue weighted by atomic mass is 16.5. The second-order valence-corrected chi connectivity index (χ2v) is 7.26. The summed E-state index contributed by atoms with van der Waals surface area (Å²) in [6.07, 6.45) is 1.82. The Morgan fingerprint density at radius 1 is 1.07 bits per heavy atom. The topological polar surface area (TPSA) is 77.1 Å². The van der Waals surface area contributed by atoms with Crippen LogP contribution in [0.3, 0.4) is 0 Å². The lowest BCUT2D eigenvalue weighted by atomic mass is 9.96. The van der Waals surface area contributed by atoms with Crippen LogP contribution in [0.15, 0.2) is 24.3 Å². The molecule has 0 aliphatic carbocycles. The molecule has 4 rings (SSSR count). The lowest BCUT2D eigenvalue weighted by Gasteiger charge is -2.26. The molecule has 152 valence electrons. The number of methoxy groups -OCH3 is 3. The Bertz CT molecular complexity index is 976. The molecule has 29 heavy (non-hydrogen) atoms. The summed E-state index contributed by atoms with van der Waals surface area (Å²) in [6, 6.07) is 7.10. The predicted octanol–water partition coefficient (Wildman–Crippen LogP) is 3.36. The van der Waals surface area contributed by atoms with Gasteiger partial charge < -0.3 is 24.4 Å². The quantitative estimate of drug-likeness (QED) is 0.839. The fourth-order valence-corrected chi connectivity index (χ4v) is 4.18. The monoisotopic (exact) mass is 396 g/mol. The number of nitrogens with zero attached hydrogens (tertiary/aromatic N) is 1. The van der Waals surface area contributed by atoms with Crippen LogP contribution in [0.1, 0.15) is 40.7 Å². The normalized spacial score (nSPS) is 17.0. The van der Waals surface area contributed by atoms with Crippen LogP contribution in [0.4, 0.5) is 11.4 Å². The first-order valence-electron chi connectivity index (χ1n) is 9.58. The van der Waals surface area contributed by atoms with Crippen molar-refractivity contribution in [1.82, 2.24) is 0 Å². The van der Waals surface area contributed by atoms with Crippen molar-refractivity contribution in [1.29, 1.82) is 0 Å². The van der Waals surface area contributed by atoms with Crippen LogP contribution < -0.4 is 24.4 Å². The van der Waals surface area contributed by atoms with Gasteiger partial charge in [0.2, 0.25) is 11.7 Å². The van der Waals surface area contributed by atoms with E-state index in [1.807, 2.05) is 24.0 Å². The van der Waals surface area contributed by atoms with Gasteiger partial charge in [0.1, 0.15) is 0 Å². The summed E-state index contributed by atoms with van der Waals surface area (Å²) >= 11 is 0. The van der Waals surface area contributed by atoms with Crippen molar-refractivity contribution >= 4 is 23.2 Å². The summed E-state index contributed by atoms with van der Waals surface area (Å²) in [6.45, 7) is 2.68. The molecule has 0 unspecified atom stereocenters. The van der Waals surface area contributed by atoms with E-state index in [2.05, 4.69) is 5.32 Å².